The van der Waals surface area contributed by atoms with Gasteiger partial charge in [0.15, 0.2) is 6.29 Å². The normalized spacial score (nSPS) is 17.7. The second-order valence-electron chi connectivity index (χ2n) is 5.15. The summed E-state index contributed by atoms with van der Waals surface area (Å²) in [5.41, 5.74) is 3.32. The van der Waals surface area contributed by atoms with Gasteiger partial charge in [0.1, 0.15) is 0 Å². The third kappa shape index (κ3) is 2.82. The molecule has 0 radical (unpaired) electrons. The van der Waals surface area contributed by atoms with Gasteiger partial charge >= 0.3 is 0 Å². The van der Waals surface area contributed by atoms with Crippen molar-refractivity contribution in [3.8, 4) is 0 Å². The molecule has 0 spiro atoms. The highest BCUT2D eigenvalue weighted by molar-refractivity contribution is 5.79. The van der Waals surface area contributed by atoms with E-state index >= 15 is 0 Å². The number of hydrogen-bond donors (Lipinski definition) is 1. The number of aryl methyl sites for hydroxylation is 1. The Hall–Kier alpha value is -1.49. The average molecular weight is 272 g/mol. The Bertz CT molecular complexity index is 594. The quantitative estimate of drug-likeness (QED) is 0.929. The molecule has 3 rings (SSSR count). The maximum absolute atomic E-state index is 5.54. The van der Waals surface area contributed by atoms with Crippen LogP contribution in [0.5, 0.6) is 0 Å². The van der Waals surface area contributed by atoms with Gasteiger partial charge in [0, 0.05) is 23.5 Å². The molecule has 1 aliphatic rings. The van der Waals surface area contributed by atoms with Crippen LogP contribution in [0.15, 0.2) is 30.3 Å². The molecule has 20 heavy (non-hydrogen) atoms. The zero-order valence-corrected chi connectivity index (χ0v) is 11.9. The van der Waals surface area contributed by atoms with Crippen LogP contribution in [0.1, 0.15) is 23.7 Å². The zero-order valence-electron chi connectivity index (χ0n) is 11.9. The molecule has 106 valence electrons. The molecule has 1 saturated heterocycles. The third-order valence-electron chi connectivity index (χ3n) is 3.72. The van der Waals surface area contributed by atoms with Crippen LogP contribution in [0.2, 0.25) is 0 Å². The number of hydrogen-bond acceptors (Lipinski definition) is 4. The van der Waals surface area contributed by atoms with Crippen LogP contribution in [0.4, 0.5) is 0 Å². The van der Waals surface area contributed by atoms with Gasteiger partial charge in [-0.3, -0.25) is 4.98 Å². The van der Waals surface area contributed by atoms with Crippen molar-refractivity contribution >= 4 is 10.9 Å². The van der Waals surface area contributed by atoms with Crippen LogP contribution in [0, 0.1) is 6.92 Å². The first kappa shape index (κ1) is 13.5. The molecule has 1 unspecified atom stereocenters. The molecule has 2 heterocycles. The maximum atomic E-state index is 5.54. The topological polar surface area (TPSA) is 43.4 Å². The molecule has 2 aromatic rings. The van der Waals surface area contributed by atoms with E-state index in [4.69, 9.17) is 9.47 Å². The largest absolute Gasteiger partial charge is 0.350 e. The van der Waals surface area contributed by atoms with Gasteiger partial charge in [-0.2, -0.15) is 0 Å². The summed E-state index contributed by atoms with van der Waals surface area (Å²) in [6.45, 7) is 3.41. The van der Waals surface area contributed by atoms with E-state index in [0.29, 0.717) is 13.2 Å². The van der Waals surface area contributed by atoms with E-state index in [9.17, 15) is 0 Å². The summed E-state index contributed by atoms with van der Waals surface area (Å²) in [6, 6.07) is 10.8. The van der Waals surface area contributed by atoms with Crippen LogP contribution >= 0.6 is 0 Å². The second kappa shape index (κ2) is 5.87. The van der Waals surface area contributed by atoms with Crippen LogP contribution in [0.3, 0.4) is 0 Å². The van der Waals surface area contributed by atoms with Crippen molar-refractivity contribution in [1.82, 2.24) is 10.3 Å². The summed E-state index contributed by atoms with van der Waals surface area (Å²) in [4.78, 5) is 4.54. The fraction of sp³-hybridized carbons (Fsp3) is 0.438. The Morgan fingerprint density at radius 1 is 1.25 bits per heavy atom. The van der Waals surface area contributed by atoms with Crippen LogP contribution in [-0.2, 0) is 9.47 Å². The van der Waals surface area contributed by atoms with Gasteiger partial charge in [-0.15, -0.1) is 0 Å². The fourth-order valence-corrected chi connectivity index (χ4v) is 2.62. The molecule has 0 amide bonds. The third-order valence-corrected chi connectivity index (χ3v) is 3.72. The van der Waals surface area contributed by atoms with Gasteiger partial charge < -0.3 is 14.8 Å². The monoisotopic (exact) mass is 272 g/mol. The SMILES string of the molecule is CNC(CC1OCCO1)c1ccc2nc(C)ccc2c1. The highest BCUT2D eigenvalue weighted by Gasteiger charge is 2.21. The summed E-state index contributed by atoms with van der Waals surface area (Å²) in [5, 5.41) is 4.51. The molecule has 1 aromatic heterocycles. The second-order valence-corrected chi connectivity index (χ2v) is 5.15. The van der Waals surface area contributed by atoms with Gasteiger partial charge in [-0.05, 0) is 37.7 Å². The van der Waals surface area contributed by atoms with Gasteiger partial charge in [-0.1, -0.05) is 12.1 Å². The Kier molecular flexibility index (Phi) is 3.96. The minimum atomic E-state index is -0.0979. The first-order valence-corrected chi connectivity index (χ1v) is 7.04. The van der Waals surface area contributed by atoms with Crippen molar-refractivity contribution < 1.29 is 9.47 Å². The molecule has 0 aliphatic carbocycles. The molecule has 1 atom stereocenters. The summed E-state index contributed by atoms with van der Waals surface area (Å²) < 4.78 is 11.1. The Labute approximate surface area is 119 Å². The first-order valence-electron chi connectivity index (χ1n) is 7.04. The van der Waals surface area contributed by atoms with Gasteiger partial charge in [-0.25, -0.2) is 0 Å². The summed E-state index contributed by atoms with van der Waals surface area (Å²) in [6.07, 6.45) is 0.723. The van der Waals surface area contributed by atoms with E-state index in [0.717, 1.165) is 17.6 Å². The van der Waals surface area contributed by atoms with Crippen molar-refractivity contribution in [3.05, 3.63) is 41.6 Å². The lowest BCUT2D eigenvalue weighted by atomic mass is 10.0. The van der Waals surface area contributed by atoms with E-state index in [1.807, 2.05) is 20.0 Å². The lowest BCUT2D eigenvalue weighted by Crippen LogP contribution is -2.23. The van der Waals surface area contributed by atoms with E-state index in [1.165, 1.54) is 10.9 Å². The molecule has 4 heteroatoms. The van der Waals surface area contributed by atoms with Crippen LogP contribution in [-0.4, -0.2) is 31.5 Å². The minimum absolute atomic E-state index is 0.0979. The van der Waals surface area contributed by atoms with Crippen LogP contribution in [0.25, 0.3) is 10.9 Å². The lowest BCUT2D eigenvalue weighted by Gasteiger charge is -2.20. The predicted molar refractivity (Wildman–Crippen MR) is 78.6 cm³/mol. The Morgan fingerprint density at radius 3 is 2.80 bits per heavy atom. The molecular formula is C16H20N2O2. The van der Waals surface area contributed by atoms with Crippen molar-refractivity contribution in [2.24, 2.45) is 0 Å². The van der Waals surface area contributed by atoms with E-state index in [-0.39, 0.29) is 12.3 Å². The van der Waals surface area contributed by atoms with Crippen molar-refractivity contribution in [3.63, 3.8) is 0 Å². The number of fused-ring (bicyclic) bond motifs is 1. The fourth-order valence-electron chi connectivity index (χ4n) is 2.62. The van der Waals surface area contributed by atoms with Gasteiger partial charge in [0.2, 0.25) is 0 Å². The Balaban J connectivity index is 1.85. The molecule has 4 nitrogen and oxygen atoms in total. The number of rotatable bonds is 4. The number of pyridine rings is 1. The highest BCUT2D eigenvalue weighted by atomic mass is 16.7. The highest BCUT2D eigenvalue weighted by Crippen LogP contribution is 2.25. The number of benzene rings is 1. The van der Waals surface area contributed by atoms with Gasteiger partial charge in [0.25, 0.3) is 0 Å². The summed E-state index contributed by atoms with van der Waals surface area (Å²) in [5.74, 6) is 0. The van der Waals surface area contributed by atoms with E-state index in [2.05, 4.69) is 34.6 Å². The zero-order chi connectivity index (χ0) is 13.9. The smallest absolute Gasteiger partial charge is 0.159 e. The number of ether oxygens (including phenoxy) is 2. The molecule has 0 saturated carbocycles. The number of nitrogens with one attached hydrogen (secondary N) is 1. The van der Waals surface area contributed by atoms with E-state index in [1.54, 1.807) is 0 Å². The molecule has 0 bridgehead atoms. The standard InChI is InChI=1S/C16H20N2O2/c1-11-3-4-12-9-13(5-6-14(12)18-11)15(17-2)10-16-19-7-8-20-16/h3-6,9,15-17H,7-8,10H2,1-2H3. The summed E-state index contributed by atoms with van der Waals surface area (Å²) in [7, 11) is 1.97. The molecular weight excluding hydrogens is 252 g/mol. The first-order chi connectivity index (χ1) is 9.76. The van der Waals surface area contributed by atoms with Gasteiger partial charge in [0.05, 0.1) is 18.7 Å². The predicted octanol–water partition coefficient (Wildman–Crippen LogP) is 2.57. The van der Waals surface area contributed by atoms with Crippen molar-refractivity contribution in [2.75, 3.05) is 20.3 Å². The number of nitrogens with zero attached hydrogens (tertiary/aromatic N) is 1. The molecule has 1 aliphatic heterocycles. The summed E-state index contributed by atoms with van der Waals surface area (Å²) >= 11 is 0. The van der Waals surface area contributed by atoms with Crippen LogP contribution < -0.4 is 5.32 Å². The van der Waals surface area contributed by atoms with Crippen molar-refractivity contribution in [1.29, 1.82) is 0 Å². The average Bonchev–Trinajstić information content (AvgIpc) is 2.97. The van der Waals surface area contributed by atoms with Crippen molar-refractivity contribution in [2.45, 2.75) is 25.7 Å². The maximum Gasteiger partial charge on any atom is 0.159 e. The number of aromatic nitrogens is 1. The molecule has 1 N–H and O–H groups in total. The lowest BCUT2D eigenvalue weighted by molar-refractivity contribution is -0.0526. The Morgan fingerprint density at radius 2 is 2.05 bits per heavy atom. The molecule has 1 fully saturated rings. The minimum Gasteiger partial charge on any atom is -0.350 e. The van der Waals surface area contributed by atoms with E-state index < -0.39 is 0 Å². The molecule has 1 aromatic carbocycles.